The van der Waals surface area contributed by atoms with Crippen molar-refractivity contribution in [2.75, 3.05) is 5.32 Å². The Labute approximate surface area is 120 Å². The minimum atomic E-state index is 0.515. The van der Waals surface area contributed by atoms with E-state index >= 15 is 0 Å². The van der Waals surface area contributed by atoms with Crippen molar-refractivity contribution in [2.45, 2.75) is 32.7 Å². The van der Waals surface area contributed by atoms with Crippen LogP contribution in [0, 0.1) is 25.7 Å². The lowest BCUT2D eigenvalue weighted by molar-refractivity contribution is 0.526. The fraction of sp³-hybridized carbons (Fsp3) is 0.438. The Bertz CT molecular complexity index is 536. The molecule has 2 aliphatic rings. The summed E-state index contributed by atoms with van der Waals surface area (Å²) in [4.78, 5) is 0. The summed E-state index contributed by atoms with van der Waals surface area (Å²) in [6.45, 7) is 4.22. The lowest BCUT2D eigenvalue weighted by Crippen LogP contribution is -2.40. The fourth-order valence-electron chi connectivity index (χ4n) is 3.23. The molecule has 1 aromatic carbocycles. The second-order valence-corrected chi connectivity index (χ2v) is 6.21. The van der Waals surface area contributed by atoms with E-state index in [1.54, 1.807) is 0 Å². The van der Waals surface area contributed by atoms with Crippen molar-refractivity contribution >= 4 is 23.0 Å². The molecular formula is C16H20N2S. The molecular weight excluding hydrogens is 252 g/mol. The Kier molecular flexibility index (Phi) is 3.31. The Balaban J connectivity index is 1.61. The molecule has 0 aromatic heterocycles. The number of nitrogens with one attached hydrogen (secondary N) is 2. The Morgan fingerprint density at radius 1 is 1.21 bits per heavy atom. The molecule has 19 heavy (non-hydrogen) atoms. The van der Waals surface area contributed by atoms with Crippen LogP contribution in [0.5, 0.6) is 0 Å². The first-order chi connectivity index (χ1) is 9.11. The largest absolute Gasteiger partial charge is 0.359 e. The average molecular weight is 272 g/mol. The number of fused-ring (bicyclic) bond motifs is 2. The van der Waals surface area contributed by atoms with Gasteiger partial charge in [-0.1, -0.05) is 29.8 Å². The molecule has 2 aliphatic carbocycles. The van der Waals surface area contributed by atoms with Crippen molar-refractivity contribution in [3.05, 3.63) is 41.5 Å². The van der Waals surface area contributed by atoms with Gasteiger partial charge in [0.05, 0.1) is 0 Å². The zero-order valence-electron chi connectivity index (χ0n) is 11.4. The smallest absolute Gasteiger partial charge is 0.171 e. The summed E-state index contributed by atoms with van der Waals surface area (Å²) in [5.74, 6) is 1.44. The van der Waals surface area contributed by atoms with Gasteiger partial charge in [0, 0.05) is 11.7 Å². The molecule has 3 atom stereocenters. The van der Waals surface area contributed by atoms with Gasteiger partial charge < -0.3 is 10.6 Å². The van der Waals surface area contributed by atoms with Crippen LogP contribution < -0.4 is 10.6 Å². The van der Waals surface area contributed by atoms with Crippen molar-refractivity contribution in [1.82, 2.24) is 5.32 Å². The molecule has 1 fully saturated rings. The molecule has 0 unspecified atom stereocenters. The third-order valence-electron chi connectivity index (χ3n) is 4.23. The molecule has 0 spiro atoms. The number of anilines is 1. The number of rotatable bonds is 2. The summed E-state index contributed by atoms with van der Waals surface area (Å²) >= 11 is 5.43. The molecule has 0 amide bonds. The number of thiocarbonyl (C=S) groups is 1. The van der Waals surface area contributed by atoms with Crippen LogP contribution in [0.15, 0.2) is 30.4 Å². The summed E-state index contributed by atoms with van der Waals surface area (Å²) in [6, 6.07) is 6.89. The highest BCUT2D eigenvalue weighted by atomic mass is 32.1. The van der Waals surface area contributed by atoms with E-state index in [0.717, 1.165) is 16.7 Å². The van der Waals surface area contributed by atoms with Gasteiger partial charge >= 0.3 is 0 Å². The van der Waals surface area contributed by atoms with Gasteiger partial charge in [0.2, 0.25) is 0 Å². The van der Waals surface area contributed by atoms with E-state index < -0.39 is 0 Å². The van der Waals surface area contributed by atoms with Crippen molar-refractivity contribution < 1.29 is 0 Å². The molecule has 0 saturated heterocycles. The molecule has 0 aliphatic heterocycles. The van der Waals surface area contributed by atoms with E-state index in [-0.39, 0.29) is 0 Å². The first-order valence-electron chi connectivity index (χ1n) is 6.95. The molecule has 3 heteroatoms. The zero-order chi connectivity index (χ0) is 13.4. The van der Waals surface area contributed by atoms with Gasteiger partial charge in [0.25, 0.3) is 0 Å². The molecule has 2 bridgehead atoms. The van der Waals surface area contributed by atoms with Gasteiger partial charge in [-0.3, -0.25) is 0 Å². The van der Waals surface area contributed by atoms with Crippen molar-refractivity contribution in [3.63, 3.8) is 0 Å². The average Bonchev–Trinajstić information content (AvgIpc) is 2.95. The standard InChI is InChI=1S/C16H20N2S/c1-10-3-6-14(11(2)7-10)17-16(19)18-15-9-12-4-5-13(15)8-12/h3-7,12-13,15H,8-9H2,1-2H3,(H2,17,18,19)/t12-,13+,15+/m0/s1. The molecule has 2 N–H and O–H groups in total. The molecule has 0 radical (unpaired) electrons. The quantitative estimate of drug-likeness (QED) is 0.636. The Morgan fingerprint density at radius 2 is 2.05 bits per heavy atom. The molecule has 3 rings (SSSR count). The maximum absolute atomic E-state index is 5.43. The molecule has 1 aromatic rings. The second-order valence-electron chi connectivity index (χ2n) is 5.80. The normalized spacial score (nSPS) is 27.6. The number of aryl methyl sites for hydroxylation is 2. The molecule has 2 nitrogen and oxygen atoms in total. The zero-order valence-corrected chi connectivity index (χ0v) is 12.3. The van der Waals surface area contributed by atoms with Crippen LogP contribution in [-0.4, -0.2) is 11.2 Å². The summed E-state index contributed by atoms with van der Waals surface area (Å²) < 4.78 is 0. The summed E-state index contributed by atoms with van der Waals surface area (Å²) in [7, 11) is 0. The van der Waals surface area contributed by atoms with E-state index in [4.69, 9.17) is 12.2 Å². The lowest BCUT2D eigenvalue weighted by Gasteiger charge is -2.22. The minimum absolute atomic E-state index is 0.515. The highest BCUT2D eigenvalue weighted by molar-refractivity contribution is 7.80. The lowest BCUT2D eigenvalue weighted by atomic mass is 10.0. The summed E-state index contributed by atoms with van der Waals surface area (Å²) in [6.07, 6.45) is 7.20. The SMILES string of the molecule is Cc1ccc(NC(=S)N[C@@H]2C[C@H]3C=C[C@@H]2C3)c(C)c1. The topological polar surface area (TPSA) is 24.1 Å². The van der Waals surface area contributed by atoms with E-state index in [1.165, 1.54) is 24.0 Å². The molecule has 100 valence electrons. The van der Waals surface area contributed by atoms with Gasteiger partial charge in [-0.05, 0) is 62.4 Å². The van der Waals surface area contributed by atoms with Gasteiger partial charge in [0.15, 0.2) is 5.11 Å². The first kappa shape index (κ1) is 12.7. The van der Waals surface area contributed by atoms with E-state index in [1.807, 2.05) is 0 Å². The highest BCUT2D eigenvalue weighted by Crippen LogP contribution is 2.38. The third kappa shape index (κ3) is 2.66. The van der Waals surface area contributed by atoms with Crippen LogP contribution in [0.25, 0.3) is 0 Å². The van der Waals surface area contributed by atoms with E-state index in [2.05, 4.69) is 54.8 Å². The van der Waals surface area contributed by atoms with Crippen LogP contribution in [0.2, 0.25) is 0 Å². The second kappa shape index (κ2) is 4.97. The first-order valence-corrected chi connectivity index (χ1v) is 7.36. The van der Waals surface area contributed by atoms with Gasteiger partial charge in [-0.2, -0.15) is 0 Å². The maximum atomic E-state index is 5.43. The fourth-order valence-corrected chi connectivity index (χ4v) is 3.49. The van der Waals surface area contributed by atoms with Gasteiger partial charge in [0.1, 0.15) is 0 Å². The van der Waals surface area contributed by atoms with E-state index in [9.17, 15) is 0 Å². The van der Waals surface area contributed by atoms with Crippen LogP contribution in [-0.2, 0) is 0 Å². The predicted molar refractivity (Wildman–Crippen MR) is 84.4 cm³/mol. The van der Waals surface area contributed by atoms with Gasteiger partial charge in [-0.25, -0.2) is 0 Å². The van der Waals surface area contributed by atoms with Crippen molar-refractivity contribution in [2.24, 2.45) is 11.8 Å². The van der Waals surface area contributed by atoms with E-state index in [0.29, 0.717) is 12.0 Å². The van der Waals surface area contributed by atoms with Crippen molar-refractivity contribution in [1.29, 1.82) is 0 Å². The third-order valence-corrected chi connectivity index (χ3v) is 4.45. The molecule has 1 saturated carbocycles. The number of hydrogen-bond donors (Lipinski definition) is 2. The maximum Gasteiger partial charge on any atom is 0.171 e. The van der Waals surface area contributed by atoms with Crippen molar-refractivity contribution in [3.8, 4) is 0 Å². The van der Waals surface area contributed by atoms with Crippen LogP contribution in [0.3, 0.4) is 0 Å². The number of allylic oxidation sites excluding steroid dienone is 1. The monoisotopic (exact) mass is 272 g/mol. The van der Waals surface area contributed by atoms with Crippen LogP contribution in [0.4, 0.5) is 5.69 Å². The van der Waals surface area contributed by atoms with Crippen LogP contribution >= 0.6 is 12.2 Å². The minimum Gasteiger partial charge on any atom is -0.359 e. The predicted octanol–water partition coefficient (Wildman–Crippen LogP) is 3.55. The highest BCUT2D eigenvalue weighted by Gasteiger charge is 2.35. The Hall–Kier alpha value is -1.35. The number of benzene rings is 1. The summed E-state index contributed by atoms with van der Waals surface area (Å²) in [5, 5.41) is 7.54. The van der Waals surface area contributed by atoms with Crippen LogP contribution in [0.1, 0.15) is 24.0 Å². The number of hydrogen-bond acceptors (Lipinski definition) is 1. The molecule has 0 heterocycles. The Morgan fingerprint density at radius 3 is 2.68 bits per heavy atom. The summed E-state index contributed by atoms with van der Waals surface area (Å²) in [5.41, 5.74) is 3.61. The van der Waals surface area contributed by atoms with Gasteiger partial charge in [-0.15, -0.1) is 0 Å².